The second-order valence-corrected chi connectivity index (χ2v) is 16.0. The number of esters is 2. The van der Waals surface area contributed by atoms with Crippen molar-refractivity contribution in [3.05, 3.63) is 157 Å². The summed E-state index contributed by atoms with van der Waals surface area (Å²) in [7, 11) is 0. The monoisotopic (exact) mass is 848 g/mol. The van der Waals surface area contributed by atoms with Gasteiger partial charge >= 0.3 is 11.9 Å². The lowest BCUT2D eigenvalue weighted by Gasteiger charge is -2.11. The maximum absolute atomic E-state index is 12.8. The lowest BCUT2D eigenvalue weighted by atomic mass is 10.0. The molecule has 0 aliphatic carbocycles. The average Bonchev–Trinajstić information content (AvgIpc) is 3.33. The van der Waals surface area contributed by atoms with E-state index in [0.717, 1.165) is 90.2 Å². The Labute approximate surface area is 373 Å². The van der Waals surface area contributed by atoms with E-state index < -0.39 is 11.9 Å². The lowest BCUT2D eigenvalue weighted by molar-refractivity contribution is 0.0725. The number of hydrogen-bond donors (Lipinski definition) is 0. The predicted molar refractivity (Wildman–Crippen MR) is 251 cm³/mol. The zero-order chi connectivity index (χ0) is 44.2. The minimum atomic E-state index is -0.411. The van der Waals surface area contributed by atoms with Crippen molar-refractivity contribution in [3.63, 3.8) is 0 Å². The van der Waals surface area contributed by atoms with E-state index in [-0.39, 0.29) is 0 Å². The number of hydrogen-bond acceptors (Lipinski definition) is 8. The quantitative estimate of drug-likeness (QED) is 0.0338. The average molecular weight is 849 g/mol. The fraction of sp³-hybridized carbons (Fsp3) is 0.309. The maximum atomic E-state index is 12.8. The summed E-state index contributed by atoms with van der Waals surface area (Å²) in [6.45, 7) is 11.3. The van der Waals surface area contributed by atoms with Crippen LogP contribution in [0.5, 0.6) is 34.5 Å². The molecule has 0 fully saturated rings. The molecule has 328 valence electrons. The Balaban J connectivity index is 0.805. The second-order valence-electron chi connectivity index (χ2n) is 16.0. The second kappa shape index (κ2) is 24.2. The number of rotatable bonds is 24. The van der Waals surface area contributed by atoms with E-state index >= 15 is 0 Å². The molecule has 63 heavy (non-hydrogen) atoms. The first-order chi connectivity index (χ1) is 30.8. The molecule has 0 saturated heterocycles. The van der Waals surface area contributed by atoms with Crippen LogP contribution in [-0.4, -0.2) is 38.4 Å². The Hall–Kier alpha value is -6.54. The molecule has 0 aliphatic heterocycles. The Morgan fingerprint density at radius 1 is 0.365 bits per heavy atom. The molecule has 0 aliphatic rings. The van der Waals surface area contributed by atoms with Gasteiger partial charge in [-0.1, -0.05) is 108 Å². The third-order valence-corrected chi connectivity index (χ3v) is 11.0. The molecular weight excluding hydrogens is 789 g/mol. The molecule has 6 rings (SSSR count). The smallest absolute Gasteiger partial charge is 0.343 e. The van der Waals surface area contributed by atoms with Crippen LogP contribution < -0.4 is 28.4 Å². The third-order valence-electron chi connectivity index (χ3n) is 11.0. The number of carbonyl (C=O) groups is 2. The molecule has 6 aromatic rings. The third kappa shape index (κ3) is 14.8. The van der Waals surface area contributed by atoms with E-state index in [9.17, 15) is 9.59 Å². The van der Waals surface area contributed by atoms with Crippen LogP contribution in [0.3, 0.4) is 0 Å². The van der Waals surface area contributed by atoms with Crippen molar-refractivity contribution in [1.29, 1.82) is 0 Å². The molecule has 2 atom stereocenters. The van der Waals surface area contributed by atoms with Gasteiger partial charge in [0.05, 0.1) is 37.6 Å². The molecule has 0 heterocycles. The van der Waals surface area contributed by atoms with Gasteiger partial charge in [-0.15, -0.1) is 0 Å². The first kappa shape index (κ1) is 46.0. The lowest BCUT2D eigenvalue weighted by Crippen LogP contribution is -2.08. The minimum absolute atomic E-state index is 0.411. The van der Waals surface area contributed by atoms with Gasteiger partial charge in [-0.05, 0) is 144 Å². The van der Waals surface area contributed by atoms with Crippen molar-refractivity contribution in [2.75, 3.05) is 26.4 Å². The van der Waals surface area contributed by atoms with Gasteiger partial charge in [0, 0.05) is 0 Å². The van der Waals surface area contributed by atoms with Crippen LogP contribution in [0.1, 0.15) is 93.4 Å². The number of unbranched alkanes of at least 4 members (excludes halogenated alkanes) is 4. The molecule has 8 heteroatoms. The van der Waals surface area contributed by atoms with Crippen LogP contribution in [0.25, 0.3) is 22.3 Å². The highest BCUT2D eigenvalue weighted by Crippen LogP contribution is 2.27. The van der Waals surface area contributed by atoms with Crippen molar-refractivity contribution < 1.29 is 38.0 Å². The standard InChI is InChI=1S/C55H60O8/c1-5-40(3)38-60-50-24-20-44(21-25-50)42-12-16-46(17-13-42)54(56)62-52-32-28-48(29-33-52)58-36-10-8-7-9-11-37-59-49-30-34-53(35-31-49)63-55(57)47-18-14-43(15-19-47)45-22-26-51(27-23-45)61-39-41(4)6-2/h12-35,40-41H,5-11,36-39H2,1-4H3/t40-,41-/m0/s1. The van der Waals surface area contributed by atoms with Gasteiger partial charge in [0.25, 0.3) is 0 Å². The van der Waals surface area contributed by atoms with Crippen LogP contribution in [0.15, 0.2) is 146 Å². The molecule has 0 radical (unpaired) electrons. The molecule has 8 nitrogen and oxygen atoms in total. The fourth-order valence-electron chi connectivity index (χ4n) is 6.45. The highest BCUT2D eigenvalue weighted by molar-refractivity contribution is 5.92. The summed E-state index contributed by atoms with van der Waals surface area (Å²) >= 11 is 0. The number of benzene rings is 6. The molecule has 0 unspecified atom stereocenters. The van der Waals surface area contributed by atoms with Gasteiger partial charge in [0.15, 0.2) is 0 Å². The summed E-state index contributed by atoms with van der Waals surface area (Å²) in [5.41, 5.74) is 5.08. The van der Waals surface area contributed by atoms with Crippen molar-refractivity contribution in [1.82, 2.24) is 0 Å². The summed E-state index contributed by atoms with van der Waals surface area (Å²) in [4.78, 5) is 25.6. The molecule has 6 aromatic carbocycles. The zero-order valence-corrected chi connectivity index (χ0v) is 37.1. The molecule has 0 aromatic heterocycles. The first-order valence-corrected chi connectivity index (χ1v) is 22.3. The Morgan fingerprint density at radius 3 is 0.968 bits per heavy atom. The van der Waals surface area contributed by atoms with Crippen molar-refractivity contribution >= 4 is 11.9 Å². The molecule has 0 N–H and O–H groups in total. The highest BCUT2D eigenvalue weighted by Gasteiger charge is 2.12. The Kier molecular flexibility index (Phi) is 17.7. The van der Waals surface area contributed by atoms with E-state index in [1.54, 1.807) is 48.5 Å². The normalized spacial score (nSPS) is 11.9. The molecule has 0 spiro atoms. The van der Waals surface area contributed by atoms with Crippen LogP contribution in [0.2, 0.25) is 0 Å². The number of ether oxygens (including phenoxy) is 6. The minimum Gasteiger partial charge on any atom is -0.494 e. The zero-order valence-electron chi connectivity index (χ0n) is 37.1. The van der Waals surface area contributed by atoms with Crippen LogP contribution >= 0.6 is 0 Å². The first-order valence-electron chi connectivity index (χ1n) is 22.3. The van der Waals surface area contributed by atoms with Gasteiger partial charge in [-0.2, -0.15) is 0 Å². The summed E-state index contributed by atoms with van der Waals surface area (Å²) in [5.74, 6) is 4.32. The van der Waals surface area contributed by atoms with Crippen LogP contribution in [-0.2, 0) is 0 Å². The Morgan fingerprint density at radius 2 is 0.635 bits per heavy atom. The van der Waals surface area contributed by atoms with Crippen LogP contribution in [0, 0.1) is 11.8 Å². The fourth-order valence-corrected chi connectivity index (χ4v) is 6.45. The van der Waals surface area contributed by atoms with Gasteiger partial charge in [-0.25, -0.2) is 9.59 Å². The van der Waals surface area contributed by atoms with E-state index in [2.05, 4.69) is 27.7 Å². The van der Waals surface area contributed by atoms with Crippen molar-refractivity contribution in [3.8, 4) is 56.8 Å². The summed E-state index contributed by atoms with van der Waals surface area (Å²) < 4.78 is 34.8. The van der Waals surface area contributed by atoms with Crippen LogP contribution in [0.4, 0.5) is 0 Å². The molecule has 0 amide bonds. The topological polar surface area (TPSA) is 89.5 Å². The van der Waals surface area contributed by atoms with Gasteiger partial charge in [0.2, 0.25) is 0 Å². The summed E-state index contributed by atoms with van der Waals surface area (Å²) in [5, 5.41) is 0. The van der Waals surface area contributed by atoms with Gasteiger partial charge in [-0.3, -0.25) is 0 Å². The largest absolute Gasteiger partial charge is 0.494 e. The van der Waals surface area contributed by atoms with E-state index in [4.69, 9.17) is 28.4 Å². The van der Waals surface area contributed by atoms with E-state index in [1.165, 1.54) is 0 Å². The number of carbonyl (C=O) groups excluding carboxylic acids is 2. The Bertz CT molecular complexity index is 2100. The maximum Gasteiger partial charge on any atom is 0.343 e. The van der Waals surface area contributed by atoms with Crippen molar-refractivity contribution in [2.45, 2.75) is 72.6 Å². The SMILES string of the molecule is CC[C@H](C)COc1ccc(-c2ccc(C(=O)Oc3ccc(OCCCCCCCOc4ccc(OC(=O)c5ccc(-c6ccc(OC[C@@H](C)CC)cc6)cc5)cc4)cc3)cc2)cc1. The highest BCUT2D eigenvalue weighted by atomic mass is 16.5. The van der Waals surface area contributed by atoms with E-state index in [1.807, 2.05) is 97.1 Å². The summed E-state index contributed by atoms with van der Waals surface area (Å²) in [6.07, 6.45) is 7.24. The summed E-state index contributed by atoms with van der Waals surface area (Å²) in [6, 6.07) is 45.1. The van der Waals surface area contributed by atoms with Gasteiger partial charge < -0.3 is 28.4 Å². The molecule has 0 bridgehead atoms. The van der Waals surface area contributed by atoms with Gasteiger partial charge in [0.1, 0.15) is 34.5 Å². The van der Waals surface area contributed by atoms with E-state index in [0.29, 0.717) is 60.9 Å². The van der Waals surface area contributed by atoms with Crippen molar-refractivity contribution in [2.24, 2.45) is 11.8 Å². The molecular formula is C55H60O8. The molecule has 0 saturated carbocycles. The predicted octanol–water partition coefficient (Wildman–Crippen LogP) is 13.7.